The van der Waals surface area contributed by atoms with Gasteiger partial charge in [-0.2, -0.15) is 0 Å². The summed E-state index contributed by atoms with van der Waals surface area (Å²) in [4.78, 5) is 19.3. The van der Waals surface area contributed by atoms with Gasteiger partial charge in [-0.15, -0.1) is 0 Å². The Labute approximate surface area is 149 Å². The average molecular weight is 468 g/mol. The molecule has 6 heteroatoms. The number of anilines is 1. The highest BCUT2D eigenvalue weighted by atomic mass is 127. The van der Waals surface area contributed by atoms with E-state index in [-0.39, 0.29) is 5.91 Å². The van der Waals surface area contributed by atoms with E-state index in [1.165, 1.54) is 0 Å². The summed E-state index contributed by atoms with van der Waals surface area (Å²) in [5.74, 6) is 0.738. The van der Waals surface area contributed by atoms with Crippen LogP contribution in [0.5, 0.6) is 0 Å². The standard InChI is InChI=1S/C16H11BrIN3O/c17-10-5-6-12(18)11(9-10)15(22)21-8-7-20-14-4-2-1-3-13(14)19-16(20)21/h1-6,9H,7-8H2. The highest BCUT2D eigenvalue weighted by molar-refractivity contribution is 14.1. The fourth-order valence-corrected chi connectivity index (χ4v) is 3.72. The topological polar surface area (TPSA) is 38.1 Å². The molecule has 0 unspecified atom stereocenters. The van der Waals surface area contributed by atoms with Crippen LogP contribution in [0.2, 0.25) is 0 Å². The van der Waals surface area contributed by atoms with Gasteiger partial charge in [0.25, 0.3) is 5.91 Å². The Bertz CT molecular complexity index is 906. The van der Waals surface area contributed by atoms with Crippen LogP contribution in [-0.4, -0.2) is 22.0 Å². The summed E-state index contributed by atoms with van der Waals surface area (Å²) in [6, 6.07) is 13.7. The molecular formula is C16H11BrIN3O. The molecule has 4 rings (SSSR count). The number of rotatable bonds is 1. The molecule has 110 valence electrons. The Hall–Kier alpha value is -1.41. The molecule has 0 bridgehead atoms. The van der Waals surface area contributed by atoms with Crippen LogP contribution in [-0.2, 0) is 6.54 Å². The van der Waals surface area contributed by atoms with Crippen LogP contribution in [0.4, 0.5) is 5.95 Å². The summed E-state index contributed by atoms with van der Waals surface area (Å²) in [5.41, 5.74) is 2.71. The number of hydrogen-bond donors (Lipinski definition) is 0. The van der Waals surface area contributed by atoms with E-state index in [0.717, 1.165) is 31.6 Å². The van der Waals surface area contributed by atoms with Crippen molar-refractivity contribution < 1.29 is 4.79 Å². The predicted molar refractivity (Wildman–Crippen MR) is 98.3 cm³/mol. The molecule has 1 aromatic heterocycles. The van der Waals surface area contributed by atoms with Gasteiger partial charge in [-0.25, -0.2) is 4.98 Å². The zero-order chi connectivity index (χ0) is 15.3. The lowest BCUT2D eigenvalue weighted by Gasteiger charge is -2.15. The molecule has 0 fully saturated rings. The fourth-order valence-electron chi connectivity index (χ4n) is 2.79. The van der Waals surface area contributed by atoms with Gasteiger partial charge in [0, 0.05) is 21.1 Å². The van der Waals surface area contributed by atoms with Crippen molar-refractivity contribution in [2.75, 3.05) is 11.4 Å². The van der Waals surface area contributed by atoms with Crippen LogP contribution in [0.25, 0.3) is 11.0 Å². The second-order valence-corrected chi connectivity index (χ2v) is 7.21. The number of para-hydroxylation sites is 2. The summed E-state index contributed by atoms with van der Waals surface area (Å²) >= 11 is 5.64. The molecule has 0 saturated heterocycles. The number of nitrogens with zero attached hydrogens (tertiary/aromatic N) is 3. The van der Waals surface area contributed by atoms with E-state index in [1.54, 1.807) is 4.90 Å². The minimum atomic E-state index is -0.000226. The highest BCUT2D eigenvalue weighted by Gasteiger charge is 2.29. The molecule has 4 nitrogen and oxygen atoms in total. The first-order chi connectivity index (χ1) is 10.6. The molecule has 0 radical (unpaired) electrons. The van der Waals surface area contributed by atoms with Crippen molar-refractivity contribution in [2.45, 2.75) is 6.54 Å². The Balaban J connectivity index is 1.80. The van der Waals surface area contributed by atoms with E-state index in [1.807, 2.05) is 42.5 Å². The van der Waals surface area contributed by atoms with Crippen LogP contribution in [0.3, 0.4) is 0 Å². The van der Waals surface area contributed by atoms with E-state index in [2.05, 4.69) is 48.1 Å². The first-order valence-electron chi connectivity index (χ1n) is 6.87. The van der Waals surface area contributed by atoms with Crippen LogP contribution in [0.15, 0.2) is 46.9 Å². The SMILES string of the molecule is O=C(c1cc(Br)ccc1I)N1CCn2c1nc1ccccc12. The predicted octanol–water partition coefficient (Wildman–Crippen LogP) is 4.06. The maximum absolute atomic E-state index is 12.9. The zero-order valence-corrected chi connectivity index (χ0v) is 15.2. The minimum absolute atomic E-state index is 0.000226. The molecule has 1 aliphatic rings. The van der Waals surface area contributed by atoms with E-state index in [0.29, 0.717) is 12.1 Å². The lowest BCUT2D eigenvalue weighted by atomic mass is 10.2. The summed E-state index contributed by atoms with van der Waals surface area (Å²) < 4.78 is 3.96. The van der Waals surface area contributed by atoms with Crippen molar-refractivity contribution in [1.82, 2.24) is 9.55 Å². The van der Waals surface area contributed by atoms with Crippen molar-refractivity contribution in [3.05, 3.63) is 56.1 Å². The summed E-state index contributed by atoms with van der Waals surface area (Å²) in [6.07, 6.45) is 0. The summed E-state index contributed by atoms with van der Waals surface area (Å²) in [5, 5.41) is 0. The number of imidazole rings is 1. The maximum atomic E-state index is 12.9. The first kappa shape index (κ1) is 14.2. The van der Waals surface area contributed by atoms with Gasteiger partial charge in [-0.05, 0) is 52.9 Å². The number of aromatic nitrogens is 2. The number of carbonyl (C=O) groups excluding carboxylic acids is 1. The third-order valence-electron chi connectivity index (χ3n) is 3.83. The second-order valence-electron chi connectivity index (χ2n) is 5.13. The lowest BCUT2D eigenvalue weighted by molar-refractivity contribution is 0.0988. The second kappa shape index (κ2) is 5.34. The van der Waals surface area contributed by atoms with E-state index < -0.39 is 0 Å². The molecular weight excluding hydrogens is 457 g/mol. The third-order valence-corrected chi connectivity index (χ3v) is 5.26. The minimum Gasteiger partial charge on any atom is -0.308 e. The van der Waals surface area contributed by atoms with Crippen molar-refractivity contribution in [3.63, 3.8) is 0 Å². The number of halogens is 2. The molecule has 0 spiro atoms. The van der Waals surface area contributed by atoms with Crippen LogP contribution < -0.4 is 4.90 Å². The van der Waals surface area contributed by atoms with Gasteiger partial charge < -0.3 is 4.57 Å². The Morgan fingerprint density at radius 1 is 1.18 bits per heavy atom. The largest absolute Gasteiger partial charge is 0.308 e. The van der Waals surface area contributed by atoms with E-state index >= 15 is 0 Å². The molecule has 2 heterocycles. The monoisotopic (exact) mass is 467 g/mol. The summed E-state index contributed by atoms with van der Waals surface area (Å²) in [7, 11) is 0. The van der Waals surface area contributed by atoms with Crippen LogP contribution >= 0.6 is 38.5 Å². The van der Waals surface area contributed by atoms with Gasteiger partial charge >= 0.3 is 0 Å². The van der Waals surface area contributed by atoms with Gasteiger partial charge in [0.05, 0.1) is 16.6 Å². The van der Waals surface area contributed by atoms with Crippen molar-refractivity contribution in [2.24, 2.45) is 0 Å². The molecule has 0 atom stereocenters. The van der Waals surface area contributed by atoms with Crippen LogP contribution in [0.1, 0.15) is 10.4 Å². The molecule has 2 aromatic carbocycles. The molecule has 3 aromatic rings. The number of fused-ring (bicyclic) bond motifs is 3. The summed E-state index contributed by atoms with van der Waals surface area (Å²) in [6.45, 7) is 1.45. The number of benzene rings is 2. The van der Waals surface area contributed by atoms with Crippen LogP contribution in [0, 0.1) is 3.57 Å². The van der Waals surface area contributed by atoms with Crippen molar-refractivity contribution in [1.29, 1.82) is 0 Å². The molecule has 0 N–H and O–H groups in total. The highest BCUT2D eigenvalue weighted by Crippen LogP contribution is 2.29. The van der Waals surface area contributed by atoms with Gasteiger partial charge in [0.1, 0.15) is 0 Å². The fraction of sp³-hybridized carbons (Fsp3) is 0.125. The number of carbonyl (C=O) groups is 1. The van der Waals surface area contributed by atoms with Gasteiger partial charge in [-0.1, -0.05) is 28.1 Å². The molecule has 0 saturated carbocycles. The molecule has 22 heavy (non-hydrogen) atoms. The lowest BCUT2D eigenvalue weighted by Crippen LogP contribution is -2.30. The van der Waals surface area contributed by atoms with Crippen molar-refractivity contribution >= 4 is 61.4 Å². The average Bonchev–Trinajstić information content (AvgIpc) is 3.08. The zero-order valence-electron chi connectivity index (χ0n) is 11.5. The first-order valence-corrected chi connectivity index (χ1v) is 8.74. The number of amides is 1. The Morgan fingerprint density at radius 2 is 2.00 bits per heavy atom. The third kappa shape index (κ3) is 2.16. The smallest absolute Gasteiger partial charge is 0.261 e. The molecule has 0 aliphatic carbocycles. The normalized spacial score (nSPS) is 13.6. The quantitative estimate of drug-likeness (QED) is 0.506. The van der Waals surface area contributed by atoms with E-state index in [4.69, 9.17) is 0 Å². The maximum Gasteiger partial charge on any atom is 0.261 e. The Kier molecular flexibility index (Phi) is 3.45. The van der Waals surface area contributed by atoms with Gasteiger partial charge in [0.2, 0.25) is 5.95 Å². The molecule has 1 aliphatic heterocycles. The van der Waals surface area contributed by atoms with Gasteiger partial charge in [-0.3, -0.25) is 9.69 Å². The molecule has 1 amide bonds. The van der Waals surface area contributed by atoms with E-state index in [9.17, 15) is 4.79 Å². The number of hydrogen-bond acceptors (Lipinski definition) is 2. The van der Waals surface area contributed by atoms with Crippen molar-refractivity contribution in [3.8, 4) is 0 Å². The Morgan fingerprint density at radius 3 is 2.86 bits per heavy atom. The van der Waals surface area contributed by atoms with Gasteiger partial charge in [0.15, 0.2) is 0 Å².